The minimum atomic E-state index is -4.66. The summed E-state index contributed by atoms with van der Waals surface area (Å²) in [4.78, 5) is 29.8. The molecule has 4 aliphatic heterocycles. The van der Waals surface area contributed by atoms with E-state index in [-0.39, 0.29) is 16.8 Å². The molecule has 274 valence electrons. The van der Waals surface area contributed by atoms with E-state index in [1.807, 2.05) is 0 Å². The summed E-state index contributed by atoms with van der Waals surface area (Å²) in [5.41, 5.74) is 12.6. The van der Waals surface area contributed by atoms with Crippen molar-refractivity contribution in [3.63, 3.8) is 0 Å². The van der Waals surface area contributed by atoms with Gasteiger partial charge in [-0.1, -0.05) is 23.2 Å². The fraction of sp³-hybridized carbons (Fsp3) is 0.500. The maximum atomic E-state index is 12.6. The van der Waals surface area contributed by atoms with Crippen molar-refractivity contribution < 1.29 is 36.2 Å². The highest BCUT2D eigenvalue weighted by Crippen LogP contribution is 2.36. The molecule has 0 bridgehead atoms. The van der Waals surface area contributed by atoms with Crippen molar-refractivity contribution in [2.45, 2.75) is 50.9 Å². The molecule has 2 saturated heterocycles. The number of alkyl halides is 3. The summed E-state index contributed by atoms with van der Waals surface area (Å²) in [6, 6.07) is 2.01. The quantitative estimate of drug-likeness (QED) is 0.220. The van der Waals surface area contributed by atoms with E-state index in [0.717, 1.165) is 61.0 Å². The number of hydrogen-bond donors (Lipinski definition) is 3. The largest absolute Gasteiger partial charge is 0.467 e. The van der Waals surface area contributed by atoms with Crippen molar-refractivity contribution in [2.24, 2.45) is 10.7 Å². The first-order valence-corrected chi connectivity index (χ1v) is 16.5. The molecule has 50 heavy (non-hydrogen) atoms. The van der Waals surface area contributed by atoms with Gasteiger partial charge in [0, 0.05) is 44.7 Å². The number of carbonyl (C=O) groups excluding carboxylic acids is 1. The first-order valence-electron chi connectivity index (χ1n) is 15.8. The normalized spacial score (nSPS) is 20.3. The molecule has 11 nitrogen and oxygen atoms in total. The number of amides is 1. The summed E-state index contributed by atoms with van der Waals surface area (Å²) in [6.45, 7) is 4.83. The lowest BCUT2D eigenvalue weighted by atomic mass is 10.1. The van der Waals surface area contributed by atoms with Gasteiger partial charge >= 0.3 is 12.2 Å². The molecular weight excluding hydrogens is 710 g/mol. The molecular formula is C32H39Cl2F5N8O3. The molecule has 0 radical (unpaired) electrons. The van der Waals surface area contributed by atoms with Gasteiger partial charge in [-0.05, 0) is 49.9 Å². The van der Waals surface area contributed by atoms with E-state index in [0.29, 0.717) is 50.5 Å². The summed E-state index contributed by atoms with van der Waals surface area (Å²) in [5, 5.41) is 2.03. The maximum absolute atomic E-state index is 12.6. The van der Waals surface area contributed by atoms with Crippen LogP contribution in [0.5, 0.6) is 6.01 Å². The standard InChI is InChI=1S/C17H23ClN6O3.C8H12FN.C7H4ClF4N/c1-20-16(25)14(19)13(18)12-8-24(6-3-5-21-12)15-10-9-27-7-4-11(10)22-17(23-15)26-2;9-5-7-4-8-2-1-3-10(8)6-7;8-4-2-6(13)5(9)1-3(4)7(10,11)12/h3-9,19H2,1-2H3,(H,20,25);5,8H,1-4,6H2;1-2H,13H2/b14-13+;7-5-;. The van der Waals surface area contributed by atoms with Crippen LogP contribution in [0, 0.1) is 5.82 Å². The predicted molar refractivity (Wildman–Crippen MR) is 181 cm³/mol. The molecule has 1 unspecified atom stereocenters. The van der Waals surface area contributed by atoms with Crippen molar-refractivity contribution in [3.05, 3.63) is 62.4 Å². The zero-order chi connectivity index (χ0) is 36.6. The number of anilines is 2. The Morgan fingerprint density at radius 3 is 2.62 bits per heavy atom. The van der Waals surface area contributed by atoms with Crippen LogP contribution in [0.2, 0.25) is 5.02 Å². The van der Waals surface area contributed by atoms with Crippen LogP contribution in [0.15, 0.2) is 39.8 Å². The number of carbonyl (C=O) groups is 1. The Labute approximate surface area is 296 Å². The highest BCUT2D eigenvalue weighted by atomic mass is 35.5. The number of likely N-dealkylation sites (N-methyl/N-ethyl adjacent to an activating group) is 1. The zero-order valence-corrected chi connectivity index (χ0v) is 29.1. The Morgan fingerprint density at radius 1 is 1.20 bits per heavy atom. The average Bonchev–Trinajstić information content (AvgIpc) is 3.62. The van der Waals surface area contributed by atoms with Crippen molar-refractivity contribution in [1.29, 1.82) is 0 Å². The molecule has 5 heterocycles. The number of nitrogen functional groups attached to an aromatic ring is 1. The Bertz CT molecular complexity index is 1630. The third kappa shape index (κ3) is 9.74. The fourth-order valence-corrected chi connectivity index (χ4v) is 6.35. The number of ether oxygens (including phenoxy) is 2. The van der Waals surface area contributed by atoms with E-state index < -0.39 is 34.2 Å². The molecule has 6 rings (SSSR count). The minimum Gasteiger partial charge on any atom is -0.467 e. The molecule has 1 aromatic heterocycles. The zero-order valence-electron chi connectivity index (χ0n) is 27.6. The van der Waals surface area contributed by atoms with E-state index in [1.54, 1.807) is 7.11 Å². The number of hydrogen-bond acceptors (Lipinski definition) is 10. The molecule has 0 saturated carbocycles. The molecule has 1 aromatic carbocycles. The smallest absolute Gasteiger partial charge is 0.417 e. The summed E-state index contributed by atoms with van der Waals surface area (Å²) in [7, 11) is 3.05. The third-order valence-electron chi connectivity index (χ3n) is 8.40. The van der Waals surface area contributed by atoms with Gasteiger partial charge in [0.15, 0.2) is 0 Å². The predicted octanol–water partition coefficient (Wildman–Crippen LogP) is 5.15. The van der Waals surface area contributed by atoms with Crippen LogP contribution in [0.4, 0.5) is 33.5 Å². The number of nitrogens with zero attached hydrogens (tertiary/aromatic N) is 5. The van der Waals surface area contributed by atoms with Gasteiger partial charge in [-0.15, -0.1) is 0 Å². The molecule has 0 aliphatic carbocycles. The first-order chi connectivity index (χ1) is 23.8. The summed E-state index contributed by atoms with van der Waals surface area (Å²) < 4.78 is 71.7. The van der Waals surface area contributed by atoms with Crippen LogP contribution >= 0.6 is 23.2 Å². The second kappa shape index (κ2) is 17.5. The van der Waals surface area contributed by atoms with E-state index in [2.05, 4.69) is 30.1 Å². The van der Waals surface area contributed by atoms with Gasteiger partial charge < -0.3 is 31.2 Å². The lowest BCUT2D eigenvalue weighted by molar-refractivity contribution is -0.137. The van der Waals surface area contributed by atoms with Gasteiger partial charge in [0.1, 0.15) is 17.3 Å². The summed E-state index contributed by atoms with van der Waals surface area (Å²) >= 11 is 11.6. The summed E-state index contributed by atoms with van der Waals surface area (Å²) in [6.07, 6.45) is 1.22. The Balaban J connectivity index is 0.000000200. The highest BCUT2D eigenvalue weighted by molar-refractivity contribution is 6.45. The fourth-order valence-electron chi connectivity index (χ4n) is 5.86. The Hall–Kier alpha value is -3.73. The molecule has 2 aromatic rings. The number of methoxy groups -OCH3 is 1. The van der Waals surface area contributed by atoms with E-state index in [4.69, 9.17) is 44.1 Å². The highest BCUT2D eigenvalue weighted by Gasteiger charge is 2.34. The molecule has 4 aliphatic rings. The Kier molecular flexibility index (Phi) is 13.6. The molecule has 5 N–H and O–H groups in total. The second-order valence-corrected chi connectivity index (χ2v) is 12.5. The van der Waals surface area contributed by atoms with Gasteiger partial charge in [-0.2, -0.15) is 23.1 Å². The van der Waals surface area contributed by atoms with Crippen molar-refractivity contribution in [1.82, 2.24) is 20.2 Å². The first kappa shape index (κ1) is 39.1. The van der Waals surface area contributed by atoms with Gasteiger partial charge in [0.25, 0.3) is 5.91 Å². The van der Waals surface area contributed by atoms with Crippen LogP contribution in [0.1, 0.15) is 42.5 Å². The van der Waals surface area contributed by atoms with E-state index in [9.17, 15) is 26.7 Å². The number of nitrogens with two attached hydrogens (primary N) is 2. The van der Waals surface area contributed by atoms with Crippen LogP contribution in [0.3, 0.4) is 0 Å². The third-order valence-corrected chi connectivity index (χ3v) is 9.14. The van der Waals surface area contributed by atoms with E-state index >= 15 is 0 Å². The second-order valence-electron chi connectivity index (χ2n) is 11.8. The van der Waals surface area contributed by atoms with Gasteiger partial charge in [-0.3, -0.25) is 14.7 Å². The lowest BCUT2D eigenvalue weighted by Crippen LogP contribution is -2.34. The molecule has 18 heteroatoms. The average molecular weight is 750 g/mol. The molecule has 0 spiro atoms. The van der Waals surface area contributed by atoms with Crippen LogP contribution in [-0.4, -0.2) is 86.0 Å². The molecule has 1 amide bonds. The number of aliphatic imine (C=N–C) groups is 1. The molecule has 1 atom stereocenters. The number of nitrogens with one attached hydrogen (secondary N) is 1. The number of aromatic nitrogens is 2. The van der Waals surface area contributed by atoms with Gasteiger partial charge in [0.05, 0.1) is 65.9 Å². The van der Waals surface area contributed by atoms with Crippen LogP contribution in [-0.2, 0) is 28.7 Å². The van der Waals surface area contributed by atoms with Crippen molar-refractivity contribution >= 4 is 46.3 Å². The topological polar surface area (TPSA) is 144 Å². The van der Waals surface area contributed by atoms with E-state index in [1.165, 1.54) is 26.4 Å². The summed E-state index contributed by atoms with van der Waals surface area (Å²) in [5.74, 6) is -0.821. The van der Waals surface area contributed by atoms with Crippen molar-refractivity contribution in [3.8, 4) is 6.01 Å². The van der Waals surface area contributed by atoms with Gasteiger partial charge in [-0.25, -0.2) is 8.78 Å². The van der Waals surface area contributed by atoms with Crippen LogP contribution < -0.4 is 26.4 Å². The lowest BCUT2D eigenvalue weighted by Gasteiger charge is -2.27. The Morgan fingerprint density at radius 2 is 1.96 bits per heavy atom. The van der Waals surface area contributed by atoms with Crippen molar-refractivity contribution in [2.75, 3.05) is 64.1 Å². The monoisotopic (exact) mass is 748 g/mol. The SMILES string of the molecule is CNC(=O)/C(N)=C(\Cl)C1=NCCCN(c2nc(OC)nc3c2COCC3)C1.F/C=C1/CC2CCCN2C1.Nc1cc(Cl)c(C(F)(F)F)cc1F. The maximum Gasteiger partial charge on any atom is 0.417 e. The minimum absolute atomic E-state index is 0.0506. The number of fused-ring (bicyclic) bond motifs is 2. The van der Waals surface area contributed by atoms with Gasteiger partial charge in [0.2, 0.25) is 0 Å². The van der Waals surface area contributed by atoms with Crippen LogP contribution in [0.25, 0.3) is 0 Å². The number of halogens is 7. The molecule has 2 fully saturated rings. The number of benzene rings is 1. The number of rotatable bonds is 4.